The van der Waals surface area contributed by atoms with E-state index in [1.807, 2.05) is 25.1 Å². The number of benzene rings is 1. The first kappa shape index (κ1) is 18.9. The highest BCUT2D eigenvalue weighted by atomic mass is 79.9. The van der Waals surface area contributed by atoms with Crippen LogP contribution in [-0.2, 0) is 11.3 Å². The summed E-state index contributed by atoms with van der Waals surface area (Å²) in [6.45, 7) is 1.93. The van der Waals surface area contributed by atoms with Crippen molar-refractivity contribution < 1.29 is 9.53 Å². The highest BCUT2D eigenvalue weighted by molar-refractivity contribution is 9.10. The summed E-state index contributed by atoms with van der Waals surface area (Å²) in [5.41, 5.74) is 2.83. The van der Waals surface area contributed by atoms with E-state index >= 15 is 0 Å². The van der Waals surface area contributed by atoms with E-state index in [4.69, 9.17) is 4.74 Å². The van der Waals surface area contributed by atoms with Crippen LogP contribution in [0, 0.1) is 0 Å². The second-order valence-electron chi connectivity index (χ2n) is 6.77. The van der Waals surface area contributed by atoms with E-state index in [2.05, 4.69) is 50.1 Å². The van der Waals surface area contributed by atoms with Crippen molar-refractivity contribution >= 4 is 27.5 Å². The molecule has 5 nitrogen and oxygen atoms in total. The van der Waals surface area contributed by atoms with Crippen LogP contribution in [0.5, 0.6) is 0 Å². The maximum absolute atomic E-state index is 13.1. The smallest absolute Gasteiger partial charge is 0.255 e. The van der Waals surface area contributed by atoms with Crippen LogP contribution in [-0.4, -0.2) is 49.1 Å². The van der Waals surface area contributed by atoms with Gasteiger partial charge >= 0.3 is 0 Å². The fourth-order valence-corrected chi connectivity index (χ4v) is 3.45. The predicted molar refractivity (Wildman–Crippen MR) is 106 cm³/mol. The zero-order valence-electron chi connectivity index (χ0n) is 15.2. The van der Waals surface area contributed by atoms with E-state index in [1.54, 1.807) is 12.4 Å². The lowest BCUT2D eigenvalue weighted by Gasteiger charge is -2.26. The van der Waals surface area contributed by atoms with E-state index < -0.39 is 0 Å². The molecule has 0 N–H and O–H groups in total. The molecule has 138 valence electrons. The van der Waals surface area contributed by atoms with Crippen LogP contribution in [0.4, 0.5) is 5.69 Å². The first-order valence-electron chi connectivity index (χ1n) is 8.80. The zero-order chi connectivity index (χ0) is 18.5. The number of hydrogen-bond donors (Lipinski definition) is 0. The van der Waals surface area contributed by atoms with E-state index in [0.29, 0.717) is 18.7 Å². The molecular weight excluding hydrogens is 394 g/mol. The van der Waals surface area contributed by atoms with E-state index in [1.165, 1.54) is 0 Å². The van der Waals surface area contributed by atoms with Crippen molar-refractivity contribution in [1.29, 1.82) is 0 Å². The molecule has 1 amide bonds. The summed E-state index contributed by atoms with van der Waals surface area (Å²) in [7, 11) is 4.03. The van der Waals surface area contributed by atoms with Gasteiger partial charge in [0.15, 0.2) is 0 Å². The summed E-state index contributed by atoms with van der Waals surface area (Å²) in [6, 6.07) is 10.1. The Morgan fingerprint density at radius 1 is 1.27 bits per heavy atom. The number of halogens is 1. The molecule has 1 fully saturated rings. The highest BCUT2D eigenvalue weighted by Gasteiger charge is 2.24. The lowest BCUT2D eigenvalue weighted by atomic mass is 10.1. The molecule has 1 atom stereocenters. The molecule has 0 bridgehead atoms. The van der Waals surface area contributed by atoms with Gasteiger partial charge in [-0.2, -0.15) is 0 Å². The second kappa shape index (κ2) is 8.64. The lowest BCUT2D eigenvalue weighted by molar-refractivity contribution is 0.0507. The SMILES string of the molecule is CN(C)c1ccc(CN(CC2CCCO2)C(=O)c2cncc(Br)c2)cc1. The zero-order valence-corrected chi connectivity index (χ0v) is 16.8. The molecule has 0 saturated carbocycles. The molecule has 26 heavy (non-hydrogen) atoms. The molecule has 3 rings (SSSR count). The van der Waals surface area contributed by atoms with Gasteiger partial charge < -0.3 is 14.5 Å². The Bertz CT molecular complexity index is 743. The molecule has 1 unspecified atom stereocenters. The standard InChI is InChI=1S/C20H24BrN3O2/c1-23(2)18-7-5-15(6-8-18)13-24(14-19-4-3-9-26-19)20(25)16-10-17(21)12-22-11-16/h5-8,10-12,19H,3-4,9,13-14H2,1-2H3. The van der Waals surface area contributed by atoms with Crippen LogP contribution in [0.25, 0.3) is 0 Å². The maximum Gasteiger partial charge on any atom is 0.255 e. The molecule has 0 radical (unpaired) electrons. The lowest BCUT2D eigenvalue weighted by Crippen LogP contribution is -2.37. The molecular formula is C20H24BrN3O2. The number of pyridine rings is 1. The van der Waals surface area contributed by atoms with Gasteiger partial charge in [0.25, 0.3) is 5.91 Å². The van der Waals surface area contributed by atoms with Crippen molar-refractivity contribution in [3.63, 3.8) is 0 Å². The largest absolute Gasteiger partial charge is 0.378 e. The fraction of sp³-hybridized carbons (Fsp3) is 0.400. The molecule has 1 aliphatic rings. The molecule has 1 aliphatic heterocycles. The molecule has 0 spiro atoms. The molecule has 2 aromatic rings. The van der Waals surface area contributed by atoms with E-state index in [9.17, 15) is 4.79 Å². The number of rotatable bonds is 6. The number of aromatic nitrogens is 1. The summed E-state index contributed by atoms with van der Waals surface area (Å²) in [5.74, 6) is -0.0222. The molecule has 0 aliphatic carbocycles. The molecule has 1 aromatic carbocycles. The third kappa shape index (κ3) is 4.83. The van der Waals surface area contributed by atoms with Gasteiger partial charge in [-0.05, 0) is 52.5 Å². The van der Waals surface area contributed by atoms with Gasteiger partial charge in [0.05, 0.1) is 11.7 Å². The van der Waals surface area contributed by atoms with Crippen LogP contribution in [0.15, 0.2) is 47.2 Å². The quantitative estimate of drug-likeness (QED) is 0.717. The van der Waals surface area contributed by atoms with Gasteiger partial charge in [-0.25, -0.2) is 0 Å². The average Bonchev–Trinajstić information content (AvgIpc) is 3.14. The summed E-state index contributed by atoms with van der Waals surface area (Å²) < 4.78 is 6.56. The monoisotopic (exact) mass is 417 g/mol. The maximum atomic E-state index is 13.1. The summed E-state index contributed by atoms with van der Waals surface area (Å²) in [5, 5.41) is 0. The number of nitrogens with zero attached hydrogens (tertiary/aromatic N) is 3. The van der Waals surface area contributed by atoms with E-state index in [-0.39, 0.29) is 12.0 Å². The van der Waals surface area contributed by atoms with Crippen molar-refractivity contribution in [3.8, 4) is 0 Å². The fourth-order valence-electron chi connectivity index (χ4n) is 3.08. The van der Waals surface area contributed by atoms with E-state index in [0.717, 1.165) is 35.2 Å². The Morgan fingerprint density at radius 2 is 2.04 bits per heavy atom. The topological polar surface area (TPSA) is 45.7 Å². The number of anilines is 1. The van der Waals surface area contributed by atoms with Crippen LogP contribution in [0.3, 0.4) is 0 Å². The third-order valence-electron chi connectivity index (χ3n) is 4.51. The van der Waals surface area contributed by atoms with Gasteiger partial charge in [0.2, 0.25) is 0 Å². The van der Waals surface area contributed by atoms with Crippen molar-refractivity contribution in [2.24, 2.45) is 0 Å². The summed E-state index contributed by atoms with van der Waals surface area (Å²) in [6.07, 6.45) is 5.47. The highest BCUT2D eigenvalue weighted by Crippen LogP contribution is 2.20. The van der Waals surface area contributed by atoms with Crippen molar-refractivity contribution in [2.45, 2.75) is 25.5 Å². The van der Waals surface area contributed by atoms with Crippen molar-refractivity contribution in [2.75, 3.05) is 32.1 Å². The van der Waals surface area contributed by atoms with Gasteiger partial charge in [-0.3, -0.25) is 9.78 Å². The number of hydrogen-bond acceptors (Lipinski definition) is 4. The van der Waals surface area contributed by atoms with Crippen molar-refractivity contribution in [1.82, 2.24) is 9.88 Å². The number of carbonyl (C=O) groups is 1. The minimum atomic E-state index is -0.0222. The first-order valence-corrected chi connectivity index (χ1v) is 9.60. The Hall–Kier alpha value is -1.92. The van der Waals surface area contributed by atoms with Crippen LogP contribution >= 0.6 is 15.9 Å². The Morgan fingerprint density at radius 3 is 2.65 bits per heavy atom. The predicted octanol–water partition coefficient (Wildman–Crippen LogP) is 3.73. The van der Waals surface area contributed by atoms with Crippen LogP contribution in [0.2, 0.25) is 0 Å². The Kier molecular flexibility index (Phi) is 6.27. The third-order valence-corrected chi connectivity index (χ3v) is 4.95. The van der Waals surface area contributed by atoms with Crippen LogP contribution in [0.1, 0.15) is 28.8 Å². The summed E-state index contributed by atoms with van der Waals surface area (Å²) >= 11 is 3.39. The van der Waals surface area contributed by atoms with Gasteiger partial charge in [-0.1, -0.05) is 12.1 Å². The normalized spacial score (nSPS) is 16.5. The number of carbonyl (C=O) groups excluding carboxylic acids is 1. The Balaban J connectivity index is 1.79. The molecule has 1 saturated heterocycles. The van der Waals surface area contributed by atoms with Crippen LogP contribution < -0.4 is 4.90 Å². The van der Waals surface area contributed by atoms with Gasteiger partial charge in [0.1, 0.15) is 0 Å². The number of ether oxygens (including phenoxy) is 1. The molecule has 6 heteroatoms. The summed E-state index contributed by atoms with van der Waals surface area (Å²) in [4.78, 5) is 21.1. The number of amides is 1. The Labute approximate surface area is 163 Å². The van der Waals surface area contributed by atoms with Gasteiger partial charge in [0, 0.05) is 56.3 Å². The molecule has 1 aromatic heterocycles. The molecule has 2 heterocycles. The van der Waals surface area contributed by atoms with Crippen molar-refractivity contribution in [3.05, 3.63) is 58.3 Å². The van der Waals surface area contributed by atoms with Gasteiger partial charge in [-0.15, -0.1) is 0 Å². The minimum Gasteiger partial charge on any atom is -0.378 e. The first-order chi connectivity index (χ1) is 12.5. The second-order valence-corrected chi connectivity index (χ2v) is 7.69. The average molecular weight is 418 g/mol. The minimum absolute atomic E-state index is 0.0222.